The van der Waals surface area contributed by atoms with Gasteiger partial charge in [0.05, 0.1) is 12.5 Å². The third-order valence-electron chi connectivity index (χ3n) is 7.80. The monoisotopic (exact) mass is 325 g/mol. The Bertz CT molecular complexity index is 657. The van der Waals surface area contributed by atoms with Crippen molar-refractivity contribution >= 4 is 5.78 Å². The summed E-state index contributed by atoms with van der Waals surface area (Å²) >= 11 is 0. The summed E-state index contributed by atoms with van der Waals surface area (Å²) in [6.07, 6.45) is 13.3. The van der Waals surface area contributed by atoms with Crippen LogP contribution in [0.3, 0.4) is 0 Å². The van der Waals surface area contributed by atoms with Crippen molar-refractivity contribution in [2.45, 2.75) is 63.9 Å². The molecule has 24 heavy (non-hydrogen) atoms. The van der Waals surface area contributed by atoms with Gasteiger partial charge in [-0.15, -0.1) is 0 Å². The van der Waals surface area contributed by atoms with Gasteiger partial charge in [0.2, 0.25) is 0 Å². The van der Waals surface area contributed by atoms with E-state index in [1.807, 2.05) is 12.2 Å². The minimum absolute atomic E-state index is 0.157. The van der Waals surface area contributed by atoms with Crippen LogP contribution in [0, 0.1) is 40.4 Å². The van der Waals surface area contributed by atoms with Crippen LogP contribution in [0.25, 0.3) is 0 Å². The van der Waals surface area contributed by atoms with Crippen LogP contribution in [-0.4, -0.2) is 16.5 Å². The first-order chi connectivity index (χ1) is 11.5. The maximum atomic E-state index is 11.8. The fourth-order valence-corrected chi connectivity index (χ4v) is 6.66. The molecule has 0 amide bonds. The van der Waals surface area contributed by atoms with Gasteiger partial charge in [0.25, 0.3) is 0 Å². The Morgan fingerprint density at radius 2 is 2.12 bits per heavy atom. The number of nitriles is 1. The van der Waals surface area contributed by atoms with Gasteiger partial charge in [0.15, 0.2) is 5.78 Å². The molecule has 4 aliphatic rings. The summed E-state index contributed by atoms with van der Waals surface area (Å²) in [7, 11) is 0. The number of hydrogen-bond acceptors (Lipinski definition) is 3. The Hall–Kier alpha value is -1.40. The van der Waals surface area contributed by atoms with Crippen molar-refractivity contribution in [1.82, 2.24) is 0 Å². The second-order valence-corrected chi connectivity index (χ2v) is 8.39. The molecule has 3 heteroatoms. The number of fused-ring (bicyclic) bond motifs is 5. The Morgan fingerprint density at radius 3 is 2.88 bits per heavy atom. The van der Waals surface area contributed by atoms with Crippen molar-refractivity contribution in [2.24, 2.45) is 29.1 Å². The van der Waals surface area contributed by atoms with Crippen LogP contribution >= 0.6 is 0 Å². The van der Waals surface area contributed by atoms with Crippen molar-refractivity contribution in [3.8, 4) is 6.07 Å². The SMILES string of the molecule is CCC12CC[C@H]3[C@@H](CCC4=CC(=O)CC[C@@H]43)[C@@H]1C=C[C@@]2(O)CC#N. The molecule has 1 N–H and O–H groups in total. The van der Waals surface area contributed by atoms with Crippen molar-refractivity contribution in [3.63, 3.8) is 0 Å². The molecule has 3 nitrogen and oxygen atoms in total. The van der Waals surface area contributed by atoms with Gasteiger partial charge in [0, 0.05) is 11.8 Å². The number of ketones is 1. The largest absolute Gasteiger partial charge is 0.384 e. The van der Waals surface area contributed by atoms with Crippen LogP contribution in [0.4, 0.5) is 0 Å². The molecular formula is C21H27NO2. The summed E-state index contributed by atoms with van der Waals surface area (Å²) in [6.45, 7) is 2.18. The number of hydrogen-bond donors (Lipinski definition) is 1. The first-order valence-corrected chi connectivity index (χ1v) is 9.56. The maximum absolute atomic E-state index is 11.8. The molecule has 0 aromatic carbocycles. The zero-order valence-corrected chi connectivity index (χ0v) is 14.5. The lowest BCUT2D eigenvalue weighted by atomic mass is 9.48. The average Bonchev–Trinajstić information content (AvgIpc) is 2.88. The number of carbonyl (C=O) groups is 1. The van der Waals surface area contributed by atoms with E-state index in [1.54, 1.807) is 0 Å². The number of rotatable bonds is 2. The molecule has 6 atom stereocenters. The van der Waals surface area contributed by atoms with E-state index in [4.69, 9.17) is 0 Å². The van der Waals surface area contributed by atoms with Crippen molar-refractivity contribution in [1.29, 1.82) is 5.26 Å². The number of nitrogens with zero attached hydrogens (tertiary/aromatic N) is 1. The van der Waals surface area contributed by atoms with E-state index in [0.717, 1.165) is 38.5 Å². The predicted octanol–water partition coefficient (Wildman–Crippen LogP) is 3.94. The molecule has 0 aromatic rings. The highest BCUT2D eigenvalue weighted by molar-refractivity contribution is 5.91. The van der Waals surface area contributed by atoms with E-state index in [2.05, 4.69) is 19.1 Å². The molecule has 2 fully saturated rings. The molecule has 0 bridgehead atoms. The first-order valence-electron chi connectivity index (χ1n) is 9.56. The van der Waals surface area contributed by atoms with E-state index in [1.165, 1.54) is 5.57 Å². The van der Waals surface area contributed by atoms with Crippen LogP contribution in [0.2, 0.25) is 0 Å². The molecule has 0 aromatic heterocycles. The average molecular weight is 325 g/mol. The second-order valence-electron chi connectivity index (χ2n) is 8.39. The maximum Gasteiger partial charge on any atom is 0.155 e. The molecule has 0 radical (unpaired) electrons. The Morgan fingerprint density at radius 1 is 1.29 bits per heavy atom. The van der Waals surface area contributed by atoms with E-state index in [9.17, 15) is 15.2 Å². The standard InChI is InChI=1S/C21H27NO2/c1-2-20-9-7-17-16-6-4-15(23)13-14(16)3-5-18(17)19(20)8-10-21(20,24)11-12-22/h8,10,13,16-19,24H,2-7,9,11H2,1H3/t16-,17+,18+,19-,20?,21+/m0/s1. The summed E-state index contributed by atoms with van der Waals surface area (Å²) in [5.74, 6) is 2.52. The normalized spacial score (nSPS) is 46.5. The van der Waals surface area contributed by atoms with Gasteiger partial charge in [-0.05, 0) is 68.3 Å². The van der Waals surface area contributed by atoms with Crippen molar-refractivity contribution in [2.75, 3.05) is 0 Å². The molecule has 0 heterocycles. The van der Waals surface area contributed by atoms with Gasteiger partial charge in [-0.25, -0.2) is 0 Å². The summed E-state index contributed by atoms with van der Waals surface area (Å²) in [6, 6.07) is 2.22. The lowest BCUT2D eigenvalue weighted by molar-refractivity contribution is -0.119. The van der Waals surface area contributed by atoms with E-state index < -0.39 is 5.60 Å². The zero-order valence-electron chi connectivity index (χ0n) is 14.5. The fourth-order valence-electron chi connectivity index (χ4n) is 6.66. The summed E-state index contributed by atoms with van der Waals surface area (Å²) in [5, 5.41) is 20.4. The van der Waals surface area contributed by atoms with Crippen LogP contribution in [0.15, 0.2) is 23.8 Å². The summed E-state index contributed by atoms with van der Waals surface area (Å²) in [4.78, 5) is 11.8. The Balaban J connectivity index is 1.67. The quantitative estimate of drug-likeness (QED) is 0.782. The first kappa shape index (κ1) is 16.1. The van der Waals surface area contributed by atoms with Gasteiger partial charge in [-0.2, -0.15) is 5.26 Å². The van der Waals surface area contributed by atoms with Crippen molar-refractivity contribution in [3.05, 3.63) is 23.8 Å². The number of aliphatic hydroxyl groups is 1. The molecule has 4 aliphatic carbocycles. The minimum Gasteiger partial charge on any atom is -0.384 e. The highest BCUT2D eigenvalue weighted by atomic mass is 16.3. The Labute approximate surface area is 144 Å². The highest BCUT2D eigenvalue weighted by Gasteiger charge is 2.61. The van der Waals surface area contributed by atoms with E-state index >= 15 is 0 Å². The molecule has 128 valence electrons. The van der Waals surface area contributed by atoms with Gasteiger partial charge in [-0.1, -0.05) is 24.6 Å². The number of carbonyl (C=O) groups excluding carboxylic acids is 1. The smallest absolute Gasteiger partial charge is 0.155 e. The fraction of sp³-hybridized carbons (Fsp3) is 0.714. The lowest BCUT2D eigenvalue weighted by Gasteiger charge is -2.56. The number of allylic oxidation sites excluding steroid dienone is 3. The molecule has 0 saturated heterocycles. The predicted molar refractivity (Wildman–Crippen MR) is 91.8 cm³/mol. The molecule has 4 rings (SSSR count). The third-order valence-corrected chi connectivity index (χ3v) is 7.80. The zero-order chi connectivity index (χ0) is 16.9. The van der Waals surface area contributed by atoms with Crippen LogP contribution in [0.5, 0.6) is 0 Å². The van der Waals surface area contributed by atoms with Crippen LogP contribution in [-0.2, 0) is 4.79 Å². The second kappa shape index (κ2) is 5.56. The van der Waals surface area contributed by atoms with Crippen LogP contribution < -0.4 is 0 Å². The molecule has 0 aliphatic heterocycles. The van der Waals surface area contributed by atoms with Crippen LogP contribution in [0.1, 0.15) is 58.3 Å². The molecule has 0 spiro atoms. The summed E-state index contributed by atoms with van der Waals surface area (Å²) in [5.41, 5.74) is 0.283. The highest BCUT2D eigenvalue weighted by Crippen LogP contribution is 2.64. The molecule has 2 saturated carbocycles. The van der Waals surface area contributed by atoms with Gasteiger partial charge < -0.3 is 5.11 Å². The van der Waals surface area contributed by atoms with Gasteiger partial charge >= 0.3 is 0 Å². The molecule has 1 unspecified atom stereocenters. The lowest BCUT2D eigenvalue weighted by Crippen LogP contribution is -2.54. The Kier molecular flexibility index (Phi) is 3.73. The molecular weight excluding hydrogens is 298 g/mol. The van der Waals surface area contributed by atoms with E-state index in [0.29, 0.717) is 35.9 Å². The van der Waals surface area contributed by atoms with E-state index in [-0.39, 0.29) is 11.8 Å². The minimum atomic E-state index is -0.954. The van der Waals surface area contributed by atoms with Gasteiger partial charge in [0.1, 0.15) is 5.60 Å². The third kappa shape index (κ3) is 2.02. The topological polar surface area (TPSA) is 61.1 Å². The summed E-state index contributed by atoms with van der Waals surface area (Å²) < 4.78 is 0. The van der Waals surface area contributed by atoms with Gasteiger partial charge in [-0.3, -0.25) is 4.79 Å². The van der Waals surface area contributed by atoms with Crippen molar-refractivity contribution < 1.29 is 9.90 Å².